The predicted octanol–water partition coefficient (Wildman–Crippen LogP) is 5.63. The second kappa shape index (κ2) is 5.49. The third-order valence-electron chi connectivity index (χ3n) is 5.45. The van der Waals surface area contributed by atoms with E-state index in [2.05, 4.69) is 60.7 Å². The van der Waals surface area contributed by atoms with E-state index in [1.807, 2.05) is 12.1 Å². The monoisotopic (exact) mass is 307 g/mol. The number of benzene rings is 3. The molecule has 1 radical (unpaired) electrons. The normalized spacial score (nSPS) is 15.1. The van der Waals surface area contributed by atoms with Gasteiger partial charge in [-0.1, -0.05) is 66.7 Å². The molecule has 115 valence electrons. The molecule has 0 N–H and O–H groups in total. The van der Waals surface area contributed by atoms with Crippen molar-refractivity contribution in [2.75, 3.05) is 0 Å². The van der Waals surface area contributed by atoms with Crippen LogP contribution in [-0.2, 0) is 19.3 Å². The quantitative estimate of drug-likeness (QED) is 0.546. The van der Waals surface area contributed by atoms with Crippen LogP contribution in [0, 0.1) is 6.07 Å². The molecule has 5 rings (SSSR count). The molecule has 3 aromatic carbocycles. The van der Waals surface area contributed by atoms with Gasteiger partial charge in [0.25, 0.3) is 0 Å². The average molecular weight is 307 g/mol. The van der Waals surface area contributed by atoms with Gasteiger partial charge in [-0.25, -0.2) is 0 Å². The van der Waals surface area contributed by atoms with Crippen molar-refractivity contribution in [3.8, 4) is 11.1 Å². The maximum atomic E-state index is 3.13. The van der Waals surface area contributed by atoms with Crippen LogP contribution in [-0.4, -0.2) is 0 Å². The van der Waals surface area contributed by atoms with Crippen LogP contribution in [0.2, 0.25) is 0 Å². The number of fused-ring (bicyclic) bond motifs is 5. The van der Waals surface area contributed by atoms with Gasteiger partial charge in [0.2, 0.25) is 0 Å². The van der Waals surface area contributed by atoms with Crippen molar-refractivity contribution in [1.29, 1.82) is 0 Å². The maximum absolute atomic E-state index is 3.13. The van der Waals surface area contributed by atoms with E-state index in [9.17, 15) is 0 Å². The van der Waals surface area contributed by atoms with Crippen LogP contribution in [0.1, 0.15) is 34.2 Å². The Balaban J connectivity index is 1.70. The van der Waals surface area contributed by atoms with Crippen molar-refractivity contribution >= 4 is 5.57 Å². The van der Waals surface area contributed by atoms with Gasteiger partial charge in [0, 0.05) is 0 Å². The van der Waals surface area contributed by atoms with Gasteiger partial charge < -0.3 is 0 Å². The second-order valence-electron chi connectivity index (χ2n) is 6.72. The Bertz CT molecular complexity index is 945. The van der Waals surface area contributed by atoms with Crippen molar-refractivity contribution < 1.29 is 0 Å². The molecule has 0 spiro atoms. The van der Waals surface area contributed by atoms with Gasteiger partial charge in [0.1, 0.15) is 0 Å². The van der Waals surface area contributed by atoms with Gasteiger partial charge in [0.05, 0.1) is 0 Å². The first kappa shape index (κ1) is 13.8. The molecule has 2 aliphatic carbocycles. The summed E-state index contributed by atoms with van der Waals surface area (Å²) in [6.45, 7) is 0. The zero-order chi connectivity index (χ0) is 15.9. The van der Waals surface area contributed by atoms with Crippen LogP contribution in [0.25, 0.3) is 16.7 Å². The van der Waals surface area contributed by atoms with Crippen LogP contribution in [0.15, 0.2) is 66.7 Å². The molecule has 0 fully saturated rings. The largest absolute Gasteiger partial charge is 0.0757 e. The summed E-state index contributed by atoms with van der Waals surface area (Å²) in [5.41, 5.74) is 11.7. The highest BCUT2D eigenvalue weighted by molar-refractivity contribution is 5.86. The summed E-state index contributed by atoms with van der Waals surface area (Å²) in [5, 5.41) is 0. The Morgan fingerprint density at radius 3 is 2.38 bits per heavy atom. The van der Waals surface area contributed by atoms with Crippen LogP contribution < -0.4 is 0 Å². The fourth-order valence-electron chi connectivity index (χ4n) is 4.34. The molecule has 0 atom stereocenters. The highest BCUT2D eigenvalue weighted by Crippen LogP contribution is 2.41. The minimum atomic E-state index is 1.14. The summed E-state index contributed by atoms with van der Waals surface area (Å²) in [6, 6.07) is 25.1. The molecule has 0 amide bonds. The molecule has 0 bridgehead atoms. The predicted molar refractivity (Wildman–Crippen MR) is 100.0 cm³/mol. The van der Waals surface area contributed by atoms with Gasteiger partial charge in [-0.15, -0.1) is 0 Å². The molecule has 0 heterocycles. The average Bonchev–Trinajstić information content (AvgIpc) is 2.67. The molecule has 0 heteroatoms. The van der Waals surface area contributed by atoms with E-state index in [4.69, 9.17) is 0 Å². The van der Waals surface area contributed by atoms with Crippen molar-refractivity contribution in [2.24, 2.45) is 0 Å². The van der Waals surface area contributed by atoms with Crippen LogP contribution >= 0.6 is 0 Å². The summed E-state index contributed by atoms with van der Waals surface area (Å²) in [4.78, 5) is 0. The molecule has 0 aromatic heterocycles. The highest BCUT2D eigenvalue weighted by atomic mass is 14.3. The first-order valence-electron chi connectivity index (χ1n) is 8.82. The standard InChI is InChI=1S/C24H19/c1-2-7-17(8-3-1)20-11-6-12-21-22(20)15-16-23-19-10-5-4-9-18(19)13-14-24(21)23/h2-5,7-11,15-16H,6,12-14H2. The number of aryl methyl sites for hydroxylation is 1. The Labute approximate surface area is 143 Å². The minimum Gasteiger partial charge on any atom is -0.0757 e. The van der Waals surface area contributed by atoms with Gasteiger partial charge in [0.15, 0.2) is 0 Å². The fourth-order valence-corrected chi connectivity index (χ4v) is 4.34. The number of hydrogen-bond donors (Lipinski definition) is 0. The fraction of sp³-hybridized carbons (Fsp3) is 0.167. The van der Waals surface area contributed by atoms with Crippen molar-refractivity contribution in [1.82, 2.24) is 0 Å². The summed E-state index contributed by atoms with van der Waals surface area (Å²) in [6.07, 6.45) is 7.05. The molecular weight excluding hydrogens is 288 g/mol. The van der Waals surface area contributed by atoms with E-state index in [1.54, 1.807) is 11.1 Å². The molecule has 3 aromatic rings. The Morgan fingerprint density at radius 1 is 0.667 bits per heavy atom. The third-order valence-corrected chi connectivity index (χ3v) is 5.45. The molecular formula is C24H19. The SMILES string of the molecule is [c]1ccc(C2=CCCc3c2ccc2c3CCc3ccccc3-2)cc1. The molecule has 0 nitrogen and oxygen atoms in total. The molecule has 0 saturated heterocycles. The third kappa shape index (κ3) is 2.06. The lowest BCUT2D eigenvalue weighted by Gasteiger charge is -2.27. The smallest absolute Gasteiger partial charge is 0.0146 e. The summed E-state index contributed by atoms with van der Waals surface area (Å²) >= 11 is 0. The lowest BCUT2D eigenvalue weighted by Crippen LogP contribution is -2.11. The number of rotatable bonds is 1. The van der Waals surface area contributed by atoms with E-state index in [0.29, 0.717) is 0 Å². The van der Waals surface area contributed by atoms with Gasteiger partial charge >= 0.3 is 0 Å². The van der Waals surface area contributed by atoms with E-state index < -0.39 is 0 Å². The van der Waals surface area contributed by atoms with E-state index in [0.717, 1.165) is 6.42 Å². The number of hydrogen-bond acceptors (Lipinski definition) is 0. The minimum absolute atomic E-state index is 1.14. The van der Waals surface area contributed by atoms with Gasteiger partial charge in [-0.2, -0.15) is 0 Å². The van der Waals surface area contributed by atoms with Crippen LogP contribution in [0.3, 0.4) is 0 Å². The second-order valence-corrected chi connectivity index (χ2v) is 6.72. The molecule has 24 heavy (non-hydrogen) atoms. The summed E-state index contributed by atoms with van der Waals surface area (Å²) < 4.78 is 0. The maximum Gasteiger partial charge on any atom is -0.0146 e. The van der Waals surface area contributed by atoms with E-state index in [1.165, 1.54) is 52.7 Å². The Morgan fingerprint density at radius 2 is 1.46 bits per heavy atom. The number of allylic oxidation sites excluding steroid dienone is 1. The first-order valence-corrected chi connectivity index (χ1v) is 8.82. The van der Waals surface area contributed by atoms with E-state index in [-0.39, 0.29) is 0 Å². The van der Waals surface area contributed by atoms with Gasteiger partial charge in [-0.3, -0.25) is 0 Å². The molecule has 0 unspecified atom stereocenters. The van der Waals surface area contributed by atoms with Gasteiger partial charge in [-0.05, 0) is 76.3 Å². The zero-order valence-corrected chi connectivity index (χ0v) is 13.7. The topological polar surface area (TPSA) is 0 Å². The van der Waals surface area contributed by atoms with Crippen LogP contribution in [0.5, 0.6) is 0 Å². The lowest BCUT2D eigenvalue weighted by molar-refractivity contribution is 0.884. The summed E-state index contributed by atoms with van der Waals surface area (Å²) in [7, 11) is 0. The van der Waals surface area contributed by atoms with Crippen LogP contribution in [0.4, 0.5) is 0 Å². The molecule has 2 aliphatic rings. The first-order chi connectivity index (χ1) is 11.9. The van der Waals surface area contributed by atoms with Crippen molar-refractivity contribution in [3.63, 3.8) is 0 Å². The lowest BCUT2D eigenvalue weighted by atomic mass is 9.77. The highest BCUT2D eigenvalue weighted by Gasteiger charge is 2.23. The Kier molecular flexibility index (Phi) is 3.16. The Hall–Kier alpha value is -2.60. The molecule has 0 saturated carbocycles. The zero-order valence-electron chi connectivity index (χ0n) is 13.7. The van der Waals surface area contributed by atoms with Crippen molar-refractivity contribution in [3.05, 3.63) is 101 Å². The van der Waals surface area contributed by atoms with Crippen molar-refractivity contribution in [2.45, 2.75) is 25.7 Å². The summed E-state index contributed by atoms with van der Waals surface area (Å²) in [5.74, 6) is 0. The van der Waals surface area contributed by atoms with E-state index >= 15 is 0 Å². The molecule has 0 aliphatic heterocycles.